The van der Waals surface area contributed by atoms with E-state index in [9.17, 15) is 0 Å². The first kappa shape index (κ1) is 20.3. The summed E-state index contributed by atoms with van der Waals surface area (Å²) in [6.45, 7) is 2.73. The van der Waals surface area contributed by atoms with E-state index in [2.05, 4.69) is 60.7 Å². The van der Waals surface area contributed by atoms with Gasteiger partial charge in [-0.1, -0.05) is 48.9 Å². The monoisotopic (exact) mass is 436 g/mol. The summed E-state index contributed by atoms with van der Waals surface area (Å²) >= 11 is 8.14. The molecule has 0 aliphatic rings. The third-order valence-electron chi connectivity index (χ3n) is 4.62. The highest BCUT2D eigenvalue weighted by atomic mass is 35.5. The van der Waals surface area contributed by atoms with Gasteiger partial charge in [0.15, 0.2) is 5.82 Å². The first-order valence-corrected chi connectivity index (χ1v) is 10.9. The lowest BCUT2D eigenvalue weighted by Crippen LogP contribution is -2.05. The van der Waals surface area contributed by atoms with Gasteiger partial charge in [-0.15, -0.1) is 16.4 Å². The van der Waals surface area contributed by atoms with Crippen molar-refractivity contribution in [3.8, 4) is 0 Å². The Hall–Kier alpha value is -3.03. The minimum Gasteiger partial charge on any atom is -0.320 e. The van der Waals surface area contributed by atoms with E-state index in [1.807, 2.05) is 42.6 Å². The van der Waals surface area contributed by atoms with Crippen molar-refractivity contribution >= 4 is 40.7 Å². The molecule has 0 radical (unpaired) electrons. The van der Waals surface area contributed by atoms with E-state index in [-0.39, 0.29) is 0 Å². The minimum atomic E-state index is 0.621. The Labute approximate surface area is 183 Å². The summed E-state index contributed by atoms with van der Waals surface area (Å²) in [5.74, 6) is 1.54. The average Bonchev–Trinajstić information content (AvgIpc) is 3.51. The largest absolute Gasteiger partial charge is 0.320 e. The fourth-order valence-electron chi connectivity index (χ4n) is 3.12. The highest BCUT2D eigenvalue weighted by molar-refractivity contribution is 7.10. The number of imidazole rings is 1. The number of H-pyrrole nitrogens is 1. The second-order valence-electron chi connectivity index (χ2n) is 6.71. The van der Waals surface area contributed by atoms with Gasteiger partial charge in [0.05, 0.1) is 18.4 Å². The van der Waals surface area contributed by atoms with Crippen LogP contribution in [0.25, 0.3) is 17.7 Å². The number of rotatable bonds is 8. The van der Waals surface area contributed by atoms with Crippen molar-refractivity contribution in [2.24, 2.45) is 0 Å². The zero-order valence-corrected chi connectivity index (χ0v) is 18.1. The summed E-state index contributed by atoms with van der Waals surface area (Å²) in [6, 6.07) is 12.0. The number of aromatic amines is 1. The van der Waals surface area contributed by atoms with E-state index in [1.165, 1.54) is 4.88 Å². The number of hydrogen-bond donors (Lipinski definition) is 1. The van der Waals surface area contributed by atoms with Crippen LogP contribution < -0.4 is 0 Å². The van der Waals surface area contributed by atoms with Gasteiger partial charge in [-0.2, -0.15) is 0 Å². The summed E-state index contributed by atoms with van der Waals surface area (Å²) in [5.41, 5.74) is 3.00. The van der Waals surface area contributed by atoms with Gasteiger partial charge in [0.2, 0.25) is 0 Å². The summed E-state index contributed by atoms with van der Waals surface area (Å²) < 4.78 is 2.16. The van der Waals surface area contributed by atoms with E-state index in [0.717, 1.165) is 40.5 Å². The van der Waals surface area contributed by atoms with Gasteiger partial charge >= 0.3 is 0 Å². The van der Waals surface area contributed by atoms with E-state index < -0.39 is 0 Å². The molecule has 0 spiro atoms. The molecule has 8 heteroatoms. The van der Waals surface area contributed by atoms with Crippen LogP contribution in [0.4, 0.5) is 0 Å². The molecule has 1 N–H and O–H groups in total. The molecule has 152 valence electrons. The molecular weight excluding hydrogens is 416 g/mol. The van der Waals surface area contributed by atoms with Crippen molar-refractivity contribution in [1.82, 2.24) is 30.2 Å². The number of halogens is 1. The molecule has 0 atom stereocenters. The van der Waals surface area contributed by atoms with Crippen LogP contribution in [0.1, 0.15) is 41.1 Å². The number of aromatic nitrogens is 6. The maximum Gasteiger partial charge on any atom is 0.175 e. The van der Waals surface area contributed by atoms with Gasteiger partial charge < -0.3 is 4.57 Å². The highest BCUT2D eigenvalue weighted by Gasteiger charge is 2.13. The first-order valence-electron chi connectivity index (χ1n) is 9.67. The topological polar surface area (TPSA) is 72.3 Å². The maximum atomic E-state index is 6.43. The molecule has 0 fully saturated rings. The Balaban J connectivity index is 1.77. The zero-order valence-electron chi connectivity index (χ0n) is 16.5. The third-order valence-corrected chi connectivity index (χ3v) is 5.87. The molecule has 3 heterocycles. The summed E-state index contributed by atoms with van der Waals surface area (Å²) in [6.07, 6.45) is 9.79. The second kappa shape index (κ2) is 9.65. The molecule has 4 aromatic rings. The molecule has 4 rings (SSSR count). The number of nitrogens with one attached hydrogen (secondary N) is 1. The van der Waals surface area contributed by atoms with Crippen LogP contribution in [0.2, 0.25) is 5.02 Å². The van der Waals surface area contributed by atoms with Crippen molar-refractivity contribution in [3.05, 3.63) is 86.9 Å². The maximum absolute atomic E-state index is 6.43. The molecule has 0 saturated carbocycles. The van der Waals surface area contributed by atoms with E-state index in [0.29, 0.717) is 12.4 Å². The normalized spacial score (nSPS) is 12.1. The number of hydrogen-bond acceptors (Lipinski definition) is 5. The Kier molecular flexibility index (Phi) is 6.51. The molecule has 0 aliphatic heterocycles. The lowest BCUT2D eigenvalue weighted by Gasteiger charge is -2.11. The van der Waals surface area contributed by atoms with Gasteiger partial charge in [-0.3, -0.25) is 0 Å². The summed E-state index contributed by atoms with van der Waals surface area (Å²) in [5, 5.41) is 17.3. The number of benzene rings is 1. The highest BCUT2D eigenvalue weighted by Crippen LogP contribution is 2.25. The van der Waals surface area contributed by atoms with Crippen LogP contribution in [0.3, 0.4) is 0 Å². The van der Waals surface area contributed by atoms with Gasteiger partial charge in [0, 0.05) is 21.9 Å². The third kappa shape index (κ3) is 4.75. The Morgan fingerprint density at radius 2 is 2.13 bits per heavy atom. The van der Waals surface area contributed by atoms with Crippen LogP contribution in [0.15, 0.2) is 54.1 Å². The minimum absolute atomic E-state index is 0.621. The van der Waals surface area contributed by atoms with E-state index >= 15 is 0 Å². The first-order chi connectivity index (χ1) is 14.7. The van der Waals surface area contributed by atoms with Crippen molar-refractivity contribution < 1.29 is 0 Å². The Bertz CT molecular complexity index is 1140. The van der Waals surface area contributed by atoms with Crippen molar-refractivity contribution in [2.75, 3.05) is 0 Å². The fraction of sp³-hybridized carbons (Fsp3) is 0.182. The van der Waals surface area contributed by atoms with Crippen molar-refractivity contribution in [3.63, 3.8) is 0 Å². The van der Waals surface area contributed by atoms with Gasteiger partial charge in [-0.05, 0) is 52.1 Å². The molecule has 1 aromatic carbocycles. The van der Waals surface area contributed by atoms with Gasteiger partial charge in [0.1, 0.15) is 5.82 Å². The lowest BCUT2D eigenvalue weighted by molar-refractivity contribution is 0.779. The van der Waals surface area contributed by atoms with Crippen LogP contribution in [-0.2, 0) is 13.0 Å². The van der Waals surface area contributed by atoms with E-state index in [4.69, 9.17) is 11.6 Å². The number of nitrogens with zero attached hydrogens (tertiary/aromatic N) is 5. The van der Waals surface area contributed by atoms with Crippen molar-refractivity contribution in [1.29, 1.82) is 0 Å². The van der Waals surface area contributed by atoms with Crippen LogP contribution in [0.5, 0.6) is 0 Å². The van der Waals surface area contributed by atoms with Crippen LogP contribution in [-0.4, -0.2) is 30.2 Å². The van der Waals surface area contributed by atoms with Gasteiger partial charge in [-0.25, -0.2) is 10.1 Å². The second-order valence-corrected chi connectivity index (χ2v) is 8.14. The zero-order chi connectivity index (χ0) is 20.8. The summed E-state index contributed by atoms with van der Waals surface area (Å²) in [7, 11) is 0. The average molecular weight is 437 g/mol. The van der Waals surface area contributed by atoms with E-state index in [1.54, 1.807) is 11.3 Å². The van der Waals surface area contributed by atoms with Gasteiger partial charge in [0.25, 0.3) is 0 Å². The predicted molar refractivity (Wildman–Crippen MR) is 122 cm³/mol. The molecule has 0 saturated heterocycles. The van der Waals surface area contributed by atoms with Crippen LogP contribution >= 0.6 is 22.9 Å². The molecule has 30 heavy (non-hydrogen) atoms. The smallest absolute Gasteiger partial charge is 0.175 e. The Morgan fingerprint density at radius 3 is 2.87 bits per heavy atom. The fourth-order valence-corrected chi connectivity index (χ4v) is 4.05. The SMILES string of the molecule is CCC=Cc1ncc(C=C(Cc2cccs2)c2nnn[nH]2)n1Cc1ccccc1Cl. The molecule has 0 amide bonds. The molecule has 0 bridgehead atoms. The lowest BCUT2D eigenvalue weighted by atomic mass is 10.1. The standard InChI is InChI=1S/C22H21ClN6S/c1-2-3-10-21-24-14-18(29(21)15-16-7-4-5-9-20(16)23)12-17(22-25-27-28-26-22)13-19-8-6-11-30-19/h3-12,14H,2,13,15H2,1H3,(H,25,26,27,28). The molecule has 0 aliphatic carbocycles. The Morgan fingerprint density at radius 1 is 1.23 bits per heavy atom. The van der Waals surface area contributed by atoms with Crippen LogP contribution in [0, 0.1) is 0 Å². The molecule has 3 aromatic heterocycles. The molecular formula is C22H21ClN6S. The molecule has 0 unspecified atom stereocenters. The summed E-state index contributed by atoms with van der Waals surface area (Å²) in [4.78, 5) is 5.88. The predicted octanol–water partition coefficient (Wildman–Crippen LogP) is 5.37. The molecule has 6 nitrogen and oxygen atoms in total. The van der Waals surface area contributed by atoms with Crippen molar-refractivity contribution in [2.45, 2.75) is 26.3 Å². The quantitative estimate of drug-likeness (QED) is 0.403. The number of thiophene rings is 1. The number of tetrazole rings is 1. The number of allylic oxidation sites excluding steroid dienone is 2.